The van der Waals surface area contributed by atoms with Crippen LogP contribution in [-0.2, 0) is 11.3 Å². The molecule has 22 heavy (non-hydrogen) atoms. The topological polar surface area (TPSA) is 42.4 Å². The van der Waals surface area contributed by atoms with Crippen molar-refractivity contribution in [2.45, 2.75) is 32.9 Å². The number of amides is 1. The van der Waals surface area contributed by atoms with Gasteiger partial charge in [0, 0.05) is 11.1 Å². The molecule has 0 spiro atoms. The van der Waals surface area contributed by atoms with Gasteiger partial charge in [0.05, 0.1) is 22.8 Å². The molecule has 1 aromatic carbocycles. The molecule has 0 bridgehead atoms. The Hall–Kier alpha value is -1.66. The molecule has 1 amide bonds. The zero-order valence-corrected chi connectivity index (χ0v) is 14.0. The molecule has 0 aliphatic heterocycles. The SMILES string of the molecule is CC(C)(C)OC(=O)N(Cc1cncs1)c1ccc(F)cc1Cl. The highest BCUT2D eigenvalue weighted by molar-refractivity contribution is 7.09. The molecule has 0 saturated heterocycles. The van der Waals surface area contributed by atoms with Gasteiger partial charge in [-0.2, -0.15) is 0 Å². The zero-order valence-electron chi connectivity index (χ0n) is 12.5. The number of aromatic nitrogens is 1. The quantitative estimate of drug-likeness (QED) is 0.798. The Morgan fingerprint density at radius 3 is 2.73 bits per heavy atom. The van der Waals surface area contributed by atoms with E-state index in [1.807, 2.05) is 0 Å². The number of anilines is 1. The van der Waals surface area contributed by atoms with Crippen LogP contribution in [0.25, 0.3) is 0 Å². The number of hydrogen-bond acceptors (Lipinski definition) is 4. The van der Waals surface area contributed by atoms with Crippen molar-refractivity contribution in [2.24, 2.45) is 0 Å². The van der Waals surface area contributed by atoms with E-state index in [9.17, 15) is 9.18 Å². The Bertz CT molecular complexity index is 656. The van der Waals surface area contributed by atoms with Gasteiger partial charge in [0.1, 0.15) is 11.4 Å². The second kappa shape index (κ2) is 6.62. The van der Waals surface area contributed by atoms with Gasteiger partial charge in [-0.15, -0.1) is 11.3 Å². The summed E-state index contributed by atoms with van der Waals surface area (Å²) in [6, 6.07) is 3.88. The summed E-state index contributed by atoms with van der Waals surface area (Å²) < 4.78 is 18.6. The number of carbonyl (C=O) groups is 1. The van der Waals surface area contributed by atoms with Crippen LogP contribution in [0.15, 0.2) is 29.9 Å². The molecule has 2 rings (SSSR count). The highest BCUT2D eigenvalue weighted by atomic mass is 35.5. The van der Waals surface area contributed by atoms with Gasteiger partial charge in [0.15, 0.2) is 0 Å². The van der Waals surface area contributed by atoms with E-state index in [4.69, 9.17) is 16.3 Å². The number of ether oxygens (including phenoxy) is 1. The van der Waals surface area contributed by atoms with E-state index in [-0.39, 0.29) is 11.6 Å². The van der Waals surface area contributed by atoms with Crippen molar-refractivity contribution in [3.05, 3.63) is 45.6 Å². The van der Waals surface area contributed by atoms with E-state index >= 15 is 0 Å². The second-order valence-corrected chi connectivity index (χ2v) is 7.01. The second-order valence-electron chi connectivity index (χ2n) is 5.63. The van der Waals surface area contributed by atoms with Gasteiger partial charge in [0.2, 0.25) is 0 Å². The average molecular weight is 343 g/mol. The van der Waals surface area contributed by atoms with Crippen LogP contribution in [0, 0.1) is 5.82 Å². The van der Waals surface area contributed by atoms with E-state index in [1.165, 1.54) is 34.4 Å². The van der Waals surface area contributed by atoms with Crippen LogP contribution in [0.2, 0.25) is 5.02 Å². The van der Waals surface area contributed by atoms with Gasteiger partial charge in [-0.25, -0.2) is 9.18 Å². The molecule has 0 atom stereocenters. The first kappa shape index (κ1) is 16.7. The summed E-state index contributed by atoms with van der Waals surface area (Å²) in [4.78, 5) is 18.7. The van der Waals surface area contributed by atoms with Crippen molar-refractivity contribution < 1.29 is 13.9 Å². The molecule has 0 aliphatic carbocycles. The van der Waals surface area contributed by atoms with E-state index in [1.54, 1.807) is 32.5 Å². The molecule has 7 heteroatoms. The Balaban J connectivity index is 2.34. The summed E-state index contributed by atoms with van der Waals surface area (Å²) in [7, 11) is 0. The normalized spacial score (nSPS) is 11.3. The van der Waals surface area contributed by atoms with Crippen molar-refractivity contribution >= 4 is 34.7 Å². The van der Waals surface area contributed by atoms with Crippen molar-refractivity contribution in [1.29, 1.82) is 0 Å². The third-order valence-electron chi connectivity index (χ3n) is 2.61. The van der Waals surface area contributed by atoms with E-state index in [0.29, 0.717) is 5.69 Å². The van der Waals surface area contributed by atoms with Crippen LogP contribution in [0.1, 0.15) is 25.6 Å². The number of halogens is 2. The fourth-order valence-corrected chi connectivity index (χ4v) is 2.59. The molecule has 0 fully saturated rings. The molecule has 0 aliphatic rings. The van der Waals surface area contributed by atoms with Gasteiger partial charge in [0.25, 0.3) is 0 Å². The minimum atomic E-state index is -0.643. The number of hydrogen-bond donors (Lipinski definition) is 0. The summed E-state index contributed by atoms with van der Waals surface area (Å²) >= 11 is 7.49. The molecule has 0 radical (unpaired) electrons. The van der Waals surface area contributed by atoms with Crippen molar-refractivity contribution in [2.75, 3.05) is 4.90 Å². The molecule has 4 nitrogen and oxygen atoms in total. The van der Waals surface area contributed by atoms with Crippen molar-refractivity contribution in [1.82, 2.24) is 4.98 Å². The van der Waals surface area contributed by atoms with Gasteiger partial charge in [-0.3, -0.25) is 9.88 Å². The Morgan fingerprint density at radius 2 is 2.18 bits per heavy atom. The van der Waals surface area contributed by atoms with Crippen LogP contribution in [0.3, 0.4) is 0 Å². The molecule has 0 unspecified atom stereocenters. The molecule has 118 valence electrons. The monoisotopic (exact) mass is 342 g/mol. The first-order valence-corrected chi connectivity index (χ1v) is 7.85. The maximum atomic E-state index is 13.2. The minimum absolute atomic E-state index is 0.148. The number of benzene rings is 1. The smallest absolute Gasteiger partial charge is 0.415 e. The van der Waals surface area contributed by atoms with Crippen LogP contribution < -0.4 is 4.90 Å². The van der Waals surface area contributed by atoms with Gasteiger partial charge in [-0.1, -0.05) is 11.6 Å². The lowest BCUT2D eigenvalue weighted by Crippen LogP contribution is -2.36. The number of carbonyl (C=O) groups excluding carboxylic acids is 1. The molecule has 0 saturated carbocycles. The summed E-state index contributed by atoms with van der Waals surface area (Å²) in [5, 5.41) is 0.148. The molecule has 1 heterocycles. The summed E-state index contributed by atoms with van der Waals surface area (Å²) in [6.45, 7) is 5.59. The Labute approximate surface area is 137 Å². The lowest BCUT2D eigenvalue weighted by atomic mass is 10.2. The zero-order chi connectivity index (χ0) is 16.3. The third-order valence-corrected chi connectivity index (χ3v) is 3.68. The Kier molecular flexibility index (Phi) is 5.03. The van der Waals surface area contributed by atoms with Gasteiger partial charge < -0.3 is 4.74 Å². The maximum Gasteiger partial charge on any atom is 0.415 e. The molecule has 1 aromatic heterocycles. The summed E-state index contributed by atoms with van der Waals surface area (Å²) in [6.07, 6.45) is 1.12. The van der Waals surface area contributed by atoms with Crippen molar-refractivity contribution in [3.8, 4) is 0 Å². The third kappa shape index (κ3) is 4.42. The number of rotatable bonds is 3. The van der Waals surface area contributed by atoms with E-state index in [0.717, 1.165) is 4.88 Å². The number of thiazole rings is 1. The number of nitrogens with zero attached hydrogens (tertiary/aromatic N) is 2. The molecular formula is C15H16ClFN2O2S. The van der Waals surface area contributed by atoms with Crippen LogP contribution in [-0.4, -0.2) is 16.7 Å². The van der Waals surface area contributed by atoms with Gasteiger partial charge in [-0.05, 0) is 39.0 Å². The van der Waals surface area contributed by atoms with Crippen LogP contribution in [0.5, 0.6) is 0 Å². The largest absolute Gasteiger partial charge is 0.443 e. The molecular weight excluding hydrogens is 327 g/mol. The lowest BCUT2D eigenvalue weighted by Gasteiger charge is -2.27. The fraction of sp³-hybridized carbons (Fsp3) is 0.333. The van der Waals surface area contributed by atoms with Crippen LogP contribution >= 0.6 is 22.9 Å². The standard InChI is InChI=1S/C15H16ClFN2O2S/c1-15(2,3)21-14(20)19(8-11-7-18-9-22-11)13-5-4-10(17)6-12(13)16/h4-7,9H,8H2,1-3H3. The summed E-state index contributed by atoms with van der Waals surface area (Å²) in [5.74, 6) is -0.462. The average Bonchev–Trinajstić information content (AvgIpc) is 2.87. The molecule has 0 N–H and O–H groups in total. The predicted molar refractivity (Wildman–Crippen MR) is 85.9 cm³/mol. The lowest BCUT2D eigenvalue weighted by molar-refractivity contribution is 0.0578. The van der Waals surface area contributed by atoms with E-state index in [2.05, 4.69) is 4.98 Å². The first-order chi connectivity index (χ1) is 10.3. The minimum Gasteiger partial charge on any atom is -0.443 e. The highest BCUT2D eigenvalue weighted by Crippen LogP contribution is 2.29. The molecule has 2 aromatic rings. The van der Waals surface area contributed by atoms with E-state index < -0.39 is 17.5 Å². The maximum absolute atomic E-state index is 13.2. The van der Waals surface area contributed by atoms with Crippen LogP contribution in [0.4, 0.5) is 14.9 Å². The van der Waals surface area contributed by atoms with Crippen molar-refractivity contribution in [3.63, 3.8) is 0 Å². The highest BCUT2D eigenvalue weighted by Gasteiger charge is 2.25. The Morgan fingerprint density at radius 1 is 1.45 bits per heavy atom. The predicted octanol–water partition coefficient (Wildman–Crippen LogP) is 4.88. The first-order valence-electron chi connectivity index (χ1n) is 6.59. The summed E-state index contributed by atoms with van der Waals surface area (Å²) in [5.41, 5.74) is 1.43. The fourth-order valence-electron chi connectivity index (χ4n) is 1.74. The van der Waals surface area contributed by atoms with Gasteiger partial charge >= 0.3 is 6.09 Å².